The van der Waals surface area contributed by atoms with Crippen molar-refractivity contribution in [2.45, 2.75) is 34.2 Å². The van der Waals surface area contributed by atoms with Crippen LogP contribution in [-0.4, -0.2) is 52.6 Å². The smallest absolute Gasteiger partial charge is 0.191 e. The van der Waals surface area contributed by atoms with Crippen LogP contribution in [0.15, 0.2) is 23.2 Å². The fourth-order valence-electron chi connectivity index (χ4n) is 2.23. The van der Waals surface area contributed by atoms with Gasteiger partial charge in [-0.15, -0.1) is 24.0 Å². The molecular weight excluding hydrogens is 457 g/mol. The van der Waals surface area contributed by atoms with Crippen LogP contribution < -0.4 is 15.4 Å². The molecule has 0 atom stereocenters. The molecule has 0 heterocycles. The highest BCUT2D eigenvalue weighted by atomic mass is 127. The molecule has 1 rings (SSSR count). The molecule has 7 heteroatoms. The quantitative estimate of drug-likeness (QED) is 0.202. The molecule has 0 spiro atoms. The Labute approximate surface area is 181 Å². The molecule has 0 amide bonds. The van der Waals surface area contributed by atoms with E-state index in [1.54, 1.807) is 7.11 Å². The highest BCUT2D eigenvalue weighted by Crippen LogP contribution is 2.21. The Morgan fingerprint density at radius 1 is 1.15 bits per heavy atom. The minimum atomic E-state index is 0. The second kappa shape index (κ2) is 15.9. The van der Waals surface area contributed by atoms with Crippen LogP contribution in [0.25, 0.3) is 0 Å². The standard InChI is InChI=1S/C20H35N3O3.HI/c1-6-21-20(22-9-10-25-15-16(2)3)23-14-18-8-7-17(4)13-19(18)26-12-11-24-5;/h7-8,13,16H,6,9-12,14-15H2,1-5H3,(H2,21,22,23);1H. The van der Waals surface area contributed by atoms with Crippen LogP contribution in [0, 0.1) is 12.8 Å². The van der Waals surface area contributed by atoms with E-state index in [9.17, 15) is 0 Å². The third kappa shape index (κ3) is 12.1. The summed E-state index contributed by atoms with van der Waals surface area (Å²) in [4.78, 5) is 4.66. The number of halogens is 1. The lowest BCUT2D eigenvalue weighted by Crippen LogP contribution is -2.39. The summed E-state index contributed by atoms with van der Waals surface area (Å²) in [5, 5.41) is 6.56. The zero-order chi connectivity index (χ0) is 19.2. The summed E-state index contributed by atoms with van der Waals surface area (Å²) in [5.74, 6) is 2.20. The summed E-state index contributed by atoms with van der Waals surface area (Å²) in [6.45, 7) is 13.0. The summed E-state index contributed by atoms with van der Waals surface area (Å²) in [7, 11) is 1.67. The fraction of sp³-hybridized carbons (Fsp3) is 0.650. The molecule has 1 aromatic carbocycles. The molecule has 0 aromatic heterocycles. The number of methoxy groups -OCH3 is 1. The van der Waals surface area contributed by atoms with Crippen molar-refractivity contribution in [2.24, 2.45) is 10.9 Å². The molecule has 2 N–H and O–H groups in total. The van der Waals surface area contributed by atoms with E-state index in [4.69, 9.17) is 14.2 Å². The Hall–Kier alpha value is -1.06. The summed E-state index contributed by atoms with van der Waals surface area (Å²) >= 11 is 0. The minimum absolute atomic E-state index is 0. The molecule has 0 radical (unpaired) electrons. The van der Waals surface area contributed by atoms with Crippen LogP contribution >= 0.6 is 24.0 Å². The molecule has 1 aromatic rings. The highest BCUT2D eigenvalue weighted by molar-refractivity contribution is 14.0. The van der Waals surface area contributed by atoms with Gasteiger partial charge in [0.1, 0.15) is 12.4 Å². The number of rotatable bonds is 12. The van der Waals surface area contributed by atoms with Crippen LogP contribution in [0.3, 0.4) is 0 Å². The summed E-state index contributed by atoms with van der Waals surface area (Å²) in [6, 6.07) is 6.19. The van der Waals surface area contributed by atoms with Crippen molar-refractivity contribution in [2.75, 3.05) is 46.6 Å². The third-order valence-corrected chi connectivity index (χ3v) is 3.51. The topological polar surface area (TPSA) is 64.1 Å². The second-order valence-corrected chi connectivity index (χ2v) is 6.54. The molecule has 6 nitrogen and oxygen atoms in total. The van der Waals surface area contributed by atoms with Gasteiger partial charge in [-0.2, -0.15) is 0 Å². The van der Waals surface area contributed by atoms with Gasteiger partial charge in [0.2, 0.25) is 0 Å². The van der Waals surface area contributed by atoms with Crippen molar-refractivity contribution in [1.29, 1.82) is 0 Å². The zero-order valence-electron chi connectivity index (χ0n) is 17.3. The maximum atomic E-state index is 5.83. The first-order chi connectivity index (χ1) is 12.6. The van der Waals surface area contributed by atoms with E-state index < -0.39 is 0 Å². The van der Waals surface area contributed by atoms with Gasteiger partial charge in [0, 0.05) is 32.4 Å². The van der Waals surface area contributed by atoms with Crippen molar-refractivity contribution in [3.8, 4) is 5.75 Å². The summed E-state index contributed by atoms with van der Waals surface area (Å²) in [6.07, 6.45) is 0. The fourth-order valence-corrected chi connectivity index (χ4v) is 2.23. The number of aryl methyl sites for hydroxylation is 1. The summed E-state index contributed by atoms with van der Waals surface area (Å²) in [5.41, 5.74) is 2.22. The van der Waals surface area contributed by atoms with Crippen molar-refractivity contribution in [3.63, 3.8) is 0 Å². The van der Waals surface area contributed by atoms with E-state index in [0.717, 1.165) is 42.5 Å². The number of nitrogens with one attached hydrogen (secondary N) is 2. The first-order valence-corrected chi connectivity index (χ1v) is 9.38. The Balaban J connectivity index is 0.00000676. The minimum Gasteiger partial charge on any atom is -0.491 e. The maximum absolute atomic E-state index is 5.83. The van der Waals surface area contributed by atoms with Gasteiger partial charge in [-0.1, -0.05) is 26.0 Å². The predicted octanol–water partition coefficient (Wildman–Crippen LogP) is 3.37. The Morgan fingerprint density at radius 2 is 1.93 bits per heavy atom. The number of hydrogen-bond acceptors (Lipinski definition) is 4. The van der Waals surface area contributed by atoms with Gasteiger partial charge >= 0.3 is 0 Å². The summed E-state index contributed by atoms with van der Waals surface area (Å²) < 4.78 is 16.5. The second-order valence-electron chi connectivity index (χ2n) is 6.54. The van der Waals surface area contributed by atoms with E-state index >= 15 is 0 Å². The molecule has 0 saturated heterocycles. The van der Waals surface area contributed by atoms with E-state index in [-0.39, 0.29) is 24.0 Å². The van der Waals surface area contributed by atoms with E-state index in [1.165, 1.54) is 0 Å². The van der Waals surface area contributed by atoms with Crippen LogP contribution in [0.1, 0.15) is 31.9 Å². The molecule has 0 bridgehead atoms. The lowest BCUT2D eigenvalue weighted by Gasteiger charge is -2.14. The average molecular weight is 493 g/mol. The molecule has 0 unspecified atom stereocenters. The lowest BCUT2D eigenvalue weighted by molar-refractivity contribution is 0.114. The van der Waals surface area contributed by atoms with Gasteiger partial charge in [-0.3, -0.25) is 0 Å². The highest BCUT2D eigenvalue weighted by Gasteiger charge is 2.05. The Morgan fingerprint density at radius 3 is 2.59 bits per heavy atom. The number of ether oxygens (including phenoxy) is 3. The number of benzene rings is 1. The van der Waals surface area contributed by atoms with Crippen molar-refractivity contribution >= 4 is 29.9 Å². The van der Waals surface area contributed by atoms with Gasteiger partial charge in [-0.05, 0) is 31.4 Å². The van der Waals surface area contributed by atoms with E-state index in [0.29, 0.717) is 32.3 Å². The average Bonchev–Trinajstić information content (AvgIpc) is 2.60. The Kier molecular flexibility index (Phi) is 15.3. The first-order valence-electron chi connectivity index (χ1n) is 9.38. The van der Waals surface area contributed by atoms with Crippen molar-refractivity contribution in [3.05, 3.63) is 29.3 Å². The van der Waals surface area contributed by atoms with Gasteiger partial charge in [0.05, 0.1) is 19.8 Å². The monoisotopic (exact) mass is 493 g/mol. The van der Waals surface area contributed by atoms with Crippen LogP contribution in [0.5, 0.6) is 5.75 Å². The number of guanidine groups is 1. The molecule has 0 saturated carbocycles. The maximum Gasteiger partial charge on any atom is 0.191 e. The molecule has 27 heavy (non-hydrogen) atoms. The molecule has 0 aliphatic carbocycles. The molecule has 0 aliphatic heterocycles. The molecule has 0 fully saturated rings. The Bertz CT molecular complexity index is 539. The first kappa shape index (κ1) is 25.9. The number of hydrogen-bond donors (Lipinski definition) is 2. The van der Waals surface area contributed by atoms with Crippen molar-refractivity contribution in [1.82, 2.24) is 10.6 Å². The molecule has 0 aliphatic rings. The van der Waals surface area contributed by atoms with E-state index in [2.05, 4.69) is 55.5 Å². The molecular formula is C20H36IN3O3. The van der Waals surface area contributed by atoms with Gasteiger partial charge in [-0.25, -0.2) is 4.99 Å². The SMILES string of the molecule is CCNC(=NCc1ccc(C)cc1OCCOC)NCCOCC(C)C.I. The van der Waals surface area contributed by atoms with Gasteiger partial charge in [0.15, 0.2) is 5.96 Å². The lowest BCUT2D eigenvalue weighted by atomic mass is 10.1. The van der Waals surface area contributed by atoms with Crippen LogP contribution in [0.2, 0.25) is 0 Å². The van der Waals surface area contributed by atoms with Crippen LogP contribution in [0.4, 0.5) is 0 Å². The zero-order valence-corrected chi connectivity index (χ0v) is 19.7. The predicted molar refractivity (Wildman–Crippen MR) is 122 cm³/mol. The van der Waals surface area contributed by atoms with Crippen molar-refractivity contribution < 1.29 is 14.2 Å². The molecule has 156 valence electrons. The van der Waals surface area contributed by atoms with E-state index in [1.807, 2.05) is 6.07 Å². The normalized spacial score (nSPS) is 11.3. The van der Waals surface area contributed by atoms with Gasteiger partial charge in [0.25, 0.3) is 0 Å². The van der Waals surface area contributed by atoms with Crippen LogP contribution in [-0.2, 0) is 16.0 Å². The number of nitrogens with zero attached hydrogens (tertiary/aromatic N) is 1. The largest absolute Gasteiger partial charge is 0.491 e. The van der Waals surface area contributed by atoms with Gasteiger partial charge < -0.3 is 24.8 Å². The third-order valence-electron chi connectivity index (χ3n) is 3.51. The number of aliphatic imine (C=N–C) groups is 1.